The van der Waals surface area contributed by atoms with E-state index in [4.69, 9.17) is 9.47 Å². The van der Waals surface area contributed by atoms with Gasteiger partial charge in [0.1, 0.15) is 6.61 Å². The van der Waals surface area contributed by atoms with Crippen LogP contribution in [0.15, 0.2) is 42.5 Å². The number of esters is 2. The predicted molar refractivity (Wildman–Crippen MR) is 106 cm³/mol. The largest absolute Gasteiger partial charge is 0.465 e. The Balaban J connectivity index is 1.84. The maximum Gasteiger partial charge on any atom is 0.340 e. The Morgan fingerprint density at radius 1 is 1.15 bits per heavy atom. The van der Waals surface area contributed by atoms with Crippen molar-refractivity contribution < 1.29 is 19.1 Å². The van der Waals surface area contributed by atoms with Crippen LogP contribution in [0.25, 0.3) is 17.0 Å². The minimum atomic E-state index is -0.499. The summed E-state index contributed by atoms with van der Waals surface area (Å²) in [5.74, 6) is -0.995. The number of hydrogen-bond acceptors (Lipinski definition) is 6. The summed E-state index contributed by atoms with van der Waals surface area (Å²) in [6.07, 6.45) is 3.08. The molecule has 0 atom stereocenters. The van der Waals surface area contributed by atoms with Crippen LogP contribution in [0.2, 0.25) is 0 Å². The molecule has 0 spiro atoms. The summed E-state index contributed by atoms with van der Waals surface area (Å²) in [5, 5.41) is 0.862. The van der Waals surface area contributed by atoms with Crippen molar-refractivity contribution >= 4 is 40.3 Å². The van der Waals surface area contributed by atoms with E-state index in [1.54, 1.807) is 17.4 Å². The second-order valence-electron chi connectivity index (χ2n) is 5.96. The average molecular weight is 381 g/mol. The Kier molecular flexibility index (Phi) is 5.66. The molecule has 0 aliphatic carbocycles. The zero-order valence-electron chi connectivity index (χ0n) is 15.3. The summed E-state index contributed by atoms with van der Waals surface area (Å²) in [6.45, 7) is 3.73. The lowest BCUT2D eigenvalue weighted by Crippen LogP contribution is -2.13. The van der Waals surface area contributed by atoms with Crippen LogP contribution in [0.5, 0.6) is 0 Å². The molecule has 0 aliphatic rings. The zero-order valence-corrected chi connectivity index (χ0v) is 16.1. The lowest BCUT2D eigenvalue weighted by Gasteiger charge is -2.13. The van der Waals surface area contributed by atoms with E-state index in [1.807, 2.05) is 50.2 Å². The van der Waals surface area contributed by atoms with E-state index in [0.29, 0.717) is 11.3 Å². The molecule has 3 aromatic rings. The smallest absolute Gasteiger partial charge is 0.340 e. The van der Waals surface area contributed by atoms with E-state index in [0.717, 1.165) is 21.3 Å². The molecule has 0 unspecified atom stereocenters. The number of carbonyl (C=O) groups is 2. The van der Waals surface area contributed by atoms with Crippen LogP contribution < -0.4 is 0 Å². The molecular formula is C21H19NO4S. The van der Waals surface area contributed by atoms with E-state index in [-0.39, 0.29) is 6.61 Å². The van der Waals surface area contributed by atoms with E-state index < -0.39 is 11.9 Å². The van der Waals surface area contributed by atoms with Crippen LogP contribution in [0.3, 0.4) is 0 Å². The quantitative estimate of drug-likeness (QED) is 0.482. The number of aryl methyl sites for hydroxylation is 2. The molecule has 3 rings (SSSR count). The Morgan fingerprint density at radius 3 is 2.63 bits per heavy atom. The summed E-state index contributed by atoms with van der Waals surface area (Å²) in [7, 11) is 1.32. The molecule has 0 N–H and O–H groups in total. The van der Waals surface area contributed by atoms with Gasteiger partial charge in [-0.3, -0.25) is 0 Å². The van der Waals surface area contributed by atoms with Crippen molar-refractivity contribution in [3.05, 3.63) is 69.0 Å². The third-order valence-corrected chi connectivity index (χ3v) is 5.08. The zero-order chi connectivity index (χ0) is 19.4. The predicted octanol–water partition coefficient (Wildman–Crippen LogP) is 4.46. The fourth-order valence-corrected chi connectivity index (χ4v) is 3.58. The first-order chi connectivity index (χ1) is 13.0. The van der Waals surface area contributed by atoms with E-state index in [2.05, 4.69) is 4.98 Å². The van der Waals surface area contributed by atoms with Gasteiger partial charge in [0.05, 0.1) is 23.9 Å². The number of para-hydroxylation sites is 1. The number of benzene rings is 1. The molecule has 138 valence electrons. The van der Waals surface area contributed by atoms with Crippen LogP contribution in [-0.2, 0) is 20.9 Å². The van der Waals surface area contributed by atoms with Crippen LogP contribution in [-0.4, -0.2) is 24.0 Å². The first-order valence-corrected chi connectivity index (χ1v) is 9.19. The second-order valence-corrected chi connectivity index (χ2v) is 7.28. The Bertz CT molecular complexity index is 1040. The number of ether oxygens (including phenoxy) is 2. The molecule has 6 heteroatoms. The standard InChI is InChI=1S/C21H19NO4S/c1-13-8-9-15(27-13)10-11-19(23)26-12-18-20(21(24)25-3)14(2)16-6-4-5-7-17(16)22-18/h4-11H,12H2,1-3H3/b11-10+. The molecule has 2 heterocycles. The molecule has 5 nitrogen and oxygen atoms in total. The van der Waals surface area contributed by atoms with Gasteiger partial charge in [0.25, 0.3) is 0 Å². The third kappa shape index (κ3) is 4.23. The number of fused-ring (bicyclic) bond motifs is 1. The van der Waals surface area contributed by atoms with Crippen molar-refractivity contribution in [2.45, 2.75) is 20.5 Å². The third-order valence-electron chi connectivity index (χ3n) is 4.11. The average Bonchev–Trinajstić information content (AvgIpc) is 3.09. The van der Waals surface area contributed by atoms with Crippen molar-refractivity contribution in [2.75, 3.05) is 7.11 Å². The highest BCUT2D eigenvalue weighted by molar-refractivity contribution is 7.12. The highest BCUT2D eigenvalue weighted by Crippen LogP contribution is 2.24. The van der Waals surface area contributed by atoms with Crippen molar-refractivity contribution in [1.29, 1.82) is 0 Å². The minimum Gasteiger partial charge on any atom is -0.465 e. The normalized spacial score (nSPS) is 11.1. The van der Waals surface area contributed by atoms with Crippen LogP contribution >= 0.6 is 11.3 Å². The molecule has 0 amide bonds. The van der Waals surface area contributed by atoms with Gasteiger partial charge >= 0.3 is 11.9 Å². The first-order valence-electron chi connectivity index (χ1n) is 8.37. The Hall–Kier alpha value is -2.99. The molecule has 0 saturated heterocycles. The van der Waals surface area contributed by atoms with Crippen LogP contribution in [0.4, 0.5) is 0 Å². The summed E-state index contributed by atoms with van der Waals surface area (Å²) in [6, 6.07) is 11.4. The Morgan fingerprint density at radius 2 is 1.93 bits per heavy atom. The summed E-state index contributed by atoms with van der Waals surface area (Å²) in [4.78, 5) is 30.9. The van der Waals surface area contributed by atoms with E-state index in [1.165, 1.54) is 18.1 Å². The van der Waals surface area contributed by atoms with Crippen LogP contribution in [0.1, 0.15) is 31.4 Å². The van der Waals surface area contributed by atoms with Gasteiger partial charge in [-0.05, 0) is 43.7 Å². The number of thiophene rings is 1. The van der Waals surface area contributed by atoms with Crippen molar-refractivity contribution in [3.8, 4) is 0 Å². The molecule has 2 aromatic heterocycles. The number of pyridine rings is 1. The van der Waals surface area contributed by atoms with Gasteiger partial charge in [0.15, 0.2) is 0 Å². The van der Waals surface area contributed by atoms with Gasteiger partial charge in [-0.25, -0.2) is 14.6 Å². The van der Waals surface area contributed by atoms with Gasteiger partial charge < -0.3 is 9.47 Å². The summed E-state index contributed by atoms with van der Waals surface area (Å²) in [5.41, 5.74) is 2.20. The van der Waals surface area contributed by atoms with Gasteiger partial charge in [-0.2, -0.15) is 0 Å². The second kappa shape index (κ2) is 8.14. The first kappa shape index (κ1) is 18.8. The molecule has 1 aromatic carbocycles. The van der Waals surface area contributed by atoms with Gasteiger partial charge in [0, 0.05) is 21.2 Å². The lowest BCUT2D eigenvalue weighted by atomic mass is 10.0. The lowest BCUT2D eigenvalue weighted by molar-refractivity contribution is -0.139. The molecule has 0 fully saturated rings. The Labute approximate surface area is 161 Å². The number of hydrogen-bond donors (Lipinski definition) is 0. The van der Waals surface area contributed by atoms with Gasteiger partial charge in [0.2, 0.25) is 0 Å². The number of carbonyl (C=O) groups excluding carboxylic acids is 2. The summed E-state index contributed by atoms with van der Waals surface area (Å²) >= 11 is 1.59. The number of aromatic nitrogens is 1. The molecule has 0 bridgehead atoms. The molecule has 27 heavy (non-hydrogen) atoms. The molecule has 0 saturated carbocycles. The fraction of sp³-hybridized carbons (Fsp3) is 0.190. The molecule has 0 radical (unpaired) electrons. The topological polar surface area (TPSA) is 65.5 Å². The highest BCUT2D eigenvalue weighted by Gasteiger charge is 2.20. The number of rotatable bonds is 5. The van der Waals surface area contributed by atoms with Crippen molar-refractivity contribution in [2.24, 2.45) is 0 Å². The molecule has 0 aliphatic heterocycles. The maximum atomic E-state index is 12.2. The SMILES string of the molecule is COC(=O)c1c(COC(=O)/C=C/c2ccc(C)s2)nc2ccccc2c1C. The highest BCUT2D eigenvalue weighted by atomic mass is 32.1. The van der Waals surface area contributed by atoms with Crippen molar-refractivity contribution in [3.63, 3.8) is 0 Å². The van der Waals surface area contributed by atoms with Gasteiger partial charge in [-0.15, -0.1) is 11.3 Å². The summed E-state index contributed by atoms with van der Waals surface area (Å²) < 4.78 is 10.2. The number of nitrogens with zero attached hydrogens (tertiary/aromatic N) is 1. The monoisotopic (exact) mass is 381 g/mol. The van der Waals surface area contributed by atoms with Crippen LogP contribution in [0, 0.1) is 13.8 Å². The van der Waals surface area contributed by atoms with E-state index in [9.17, 15) is 9.59 Å². The van der Waals surface area contributed by atoms with E-state index >= 15 is 0 Å². The number of methoxy groups -OCH3 is 1. The minimum absolute atomic E-state index is 0.108. The fourth-order valence-electron chi connectivity index (χ4n) is 2.80. The maximum absolute atomic E-state index is 12.2. The van der Waals surface area contributed by atoms with Crippen molar-refractivity contribution in [1.82, 2.24) is 4.98 Å². The van der Waals surface area contributed by atoms with Gasteiger partial charge in [-0.1, -0.05) is 18.2 Å². The molecular weight excluding hydrogens is 362 g/mol.